The summed E-state index contributed by atoms with van der Waals surface area (Å²) in [5.41, 5.74) is 5.72. The molecule has 3 nitrogen and oxygen atoms in total. The molecule has 0 spiro atoms. The number of fused-ring (bicyclic) bond motifs is 3. The van der Waals surface area contributed by atoms with Gasteiger partial charge in [-0.1, -0.05) is 73.4 Å². The first kappa shape index (κ1) is 25.6. The van der Waals surface area contributed by atoms with E-state index in [-0.39, 0.29) is 36.7 Å². The van der Waals surface area contributed by atoms with Gasteiger partial charge in [0.05, 0.1) is 0 Å². The second kappa shape index (κ2) is 10.7. The predicted molar refractivity (Wildman–Crippen MR) is 144 cm³/mol. The summed E-state index contributed by atoms with van der Waals surface area (Å²) < 4.78 is 12.2. The Hall–Kier alpha value is -2.44. The van der Waals surface area contributed by atoms with Gasteiger partial charge < -0.3 is 14.0 Å². The van der Waals surface area contributed by atoms with Crippen LogP contribution >= 0.6 is 0 Å². The Morgan fingerprint density at radius 3 is 2.03 bits per heavy atom. The summed E-state index contributed by atoms with van der Waals surface area (Å²) >= 11 is 0. The van der Waals surface area contributed by atoms with Gasteiger partial charge in [0.1, 0.15) is 11.2 Å². The molecule has 5 rings (SSSR count). The summed E-state index contributed by atoms with van der Waals surface area (Å²) in [7, 11) is 1.84. The third-order valence-electron chi connectivity index (χ3n) is 6.48. The normalized spacial score (nSPS) is 11.6. The van der Waals surface area contributed by atoms with Crippen molar-refractivity contribution in [1.82, 2.24) is 0 Å². The summed E-state index contributed by atoms with van der Waals surface area (Å²) in [6.45, 7) is 8.35. The fourth-order valence-corrected chi connectivity index (χ4v) is 3.91. The van der Waals surface area contributed by atoms with E-state index in [4.69, 9.17) is 9.07 Å². The van der Waals surface area contributed by atoms with Crippen LogP contribution < -0.4 is 10.4 Å². The van der Waals surface area contributed by atoms with Crippen LogP contribution in [-0.4, -0.2) is 13.1 Å². The zero-order chi connectivity index (χ0) is 23.7. The summed E-state index contributed by atoms with van der Waals surface area (Å²) in [6.07, 6.45) is 0. The molecule has 0 amide bonds. The number of hydrogen-bond acceptors (Lipinski definition) is 3. The molecular formula is C30H28BNO2U-. The van der Waals surface area contributed by atoms with Crippen molar-refractivity contribution in [3.63, 3.8) is 0 Å². The first-order valence-electron chi connectivity index (χ1n) is 11.6. The molecule has 0 atom stereocenters. The van der Waals surface area contributed by atoms with Crippen LogP contribution in [0.25, 0.3) is 21.9 Å². The van der Waals surface area contributed by atoms with Gasteiger partial charge in [-0.25, -0.2) is 0 Å². The Balaban J connectivity index is 0.00000289. The van der Waals surface area contributed by atoms with E-state index in [2.05, 4.69) is 105 Å². The van der Waals surface area contributed by atoms with Crippen LogP contribution in [0, 0.1) is 37.0 Å². The molecule has 5 heteroatoms. The molecule has 1 heterocycles. The smallest absolute Gasteiger partial charge is 0.327 e. The number of para-hydroxylation sites is 2. The Morgan fingerprint density at radius 1 is 0.714 bits per heavy atom. The third kappa shape index (κ3) is 5.38. The molecule has 0 unspecified atom stereocenters. The summed E-state index contributed by atoms with van der Waals surface area (Å²) in [4.78, 5) is 2.24. The number of anilines is 3. The molecule has 173 valence electrons. The first-order valence-corrected chi connectivity index (χ1v) is 11.6. The van der Waals surface area contributed by atoms with Gasteiger partial charge in [0.15, 0.2) is 0 Å². The van der Waals surface area contributed by atoms with Gasteiger partial charge >= 0.3 is 7.48 Å². The van der Waals surface area contributed by atoms with Gasteiger partial charge in [-0.05, 0) is 42.5 Å². The molecule has 0 aliphatic heterocycles. The van der Waals surface area contributed by atoms with Crippen LogP contribution in [0.5, 0.6) is 0 Å². The molecule has 0 saturated heterocycles. The molecule has 0 aliphatic rings. The van der Waals surface area contributed by atoms with Crippen molar-refractivity contribution in [2.75, 3.05) is 4.90 Å². The molecule has 0 fully saturated rings. The van der Waals surface area contributed by atoms with Gasteiger partial charge in [0.25, 0.3) is 0 Å². The van der Waals surface area contributed by atoms with Crippen LogP contribution in [0.1, 0.15) is 27.7 Å². The van der Waals surface area contributed by atoms with Crippen molar-refractivity contribution >= 4 is 51.9 Å². The van der Waals surface area contributed by atoms with E-state index in [9.17, 15) is 0 Å². The van der Waals surface area contributed by atoms with E-state index >= 15 is 0 Å². The summed E-state index contributed by atoms with van der Waals surface area (Å²) in [5.74, 6) is 1.23. The Labute approximate surface area is 232 Å². The van der Waals surface area contributed by atoms with E-state index in [1.165, 1.54) is 5.92 Å². The SMILES string of the molecule is C[C-](C)C(C)(C)O[B]c1ccc(N(c2ccccc2)c2ccc3c(c2)oc2ccccc23)cc1.[U]. The minimum Gasteiger partial charge on any atom is -0.460 e. The molecule has 4 aromatic carbocycles. The summed E-state index contributed by atoms with van der Waals surface area (Å²) in [6, 6.07) is 33.4. The fraction of sp³-hybridized carbons (Fsp3) is 0.167. The zero-order valence-electron chi connectivity index (χ0n) is 20.6. The first-order chi connectivity index (χ1) is 16.4. The van der Waals surface area contributed by atoms with Crippen molar-refractivity contribution < 1.29 is 40.2 Å². The van der Waals surface area contributed by atoms with Crippen molar-refractivity contribution in [2.24, 2.45) is 0 Å². The van der Waals surface area contributed by atoms with Gasteiger partial charge in [-0.2, -0.15) is 13.8 Å². The molecule has 5 aromatic rings. The standard InChI is InChI=1S/C30H28BNO2.U/c1-21(2)30(3,4)34-31-22-14-16-24(17-15-22)32(23-10-6-5-7-11-23)25-18-19-27-26-12-8-9-13-28(26)33-29(27)20-25;/h5-20H,1-4H3;/q-1;. The molecule has 0 aliphatic carbocycles. The molecule has 0 bridgehead atoms. The van der Waals surface area contributed by atoms with Gasteiger partial charge in [-0.15, -0.1) is 0 Å². The topological polar surface area (TPSA) is 25.6 Å². The molecular weight excluding hydrogens is 655 g/mol. The van der Waals surface area contributed by atoms with Crippen LogP contribution in [0.15, 0.2) is 101 Å². The van der Waals surface area contributed by atoms with Gasteiger partial charge in [0, 0.05) is 65.0 Å². The van der Waals surface area contributed by atoms with E-state index in [0.29, 0.717) is 0 Å². The maximum absolute atomic E-state index is 6.17. The number of benzene rings is 4. The average Bonchev–Trinajstić information content (AvgIpc) is 3.22. The van der Waals surface area contributed by atoms with E-state index < -0.39 is 0 Å². The second-order valence-electron chi connectivity index (χ2n) is 9.29. The minimum atomic E-state index is -0.295. The number of rotatable bonds is 7. The molecule has 0 N–H and O–H groups in total. The Morgan fingerprint density at radius 2 is 1.31 bits per heavy atom. The largest absolute Gasteiger partial charge is 0.460 e. The Bertz CT molecular complexity index is 1410. The molecule has 1 radical (unpaired) electrons. The zero-order valence-corrected chi connectivity index (χ0v) is 24.7. The van der Waals surface area contributed by atoms with Crippen LogP contribution in [0.2, 0.25) is 0 Å². The number of furan rings is 1. The molecule has 0 saturated carbocycles. The Kier molecular flexibility index (Phi) is 7.82. The van der Waals surface area contributed by atoms with Crippen LogP contribution in [-0.2, 0) is 4.65 Å². The monoisotopic (exact) mass is 683 g/mol. The molecule has 1 aromatic heterocycles. The minimum absolute atomic E-state index is 0. The molecule has 35 heavy (non-hydrogen) atoms. The third-order valence-corrected chi connectivity index (χ3v) is 6.48. The van der Waals surface area contributed by atoms with E-state index in [1.54, 1.807) is 0 Å². The van der Waals surface area contributed by atoms with Gasteiger partial charge in [0.2, 0.25) is 0 Å². The van der Waals surface area contributed by atoms with Gasteiger partial charge in [-0.3, -0.25) is 5.92 Å². The quantitative estimate of drug-likeness (QED) is 0.130. The van der Waals surface area contributed by atoms with E-state index in [1.807, 2.05) is 31.7 Å². The van der Waals surface area contributed by atoms with E-state index in [0.717, 1.165) is 44.5 Å². The number of nitrogens with zero attached hydrogens (tertiary/aromatic N) is 1. The summed E-state index contributed by atoms with van der Waals surface area (Å²) in [5, 5.41) is 2.26. The maximum Gasteiger partial charge on any atom is 0.327 e. The number of hydrogen-bond donors (Lipinski definition) is 0. The second-order valence-corrected chi connectivity index (χ2v) is 9.29. The van der Waals surface area contributed by atoms with Crippen molar-refractivity contribution in [3.05, 3.63) is 103 Å². The van der Waals surface area contributed by atoms with Crippen molar-refractivity contribution in [3.8, 4) is 0 Å². The fourth-order valence-electron chi connectivity index (χ4n) is 3.91. The predicted octanol–water partition coefficient (Wildman–Crippen LogP) is 7.71. The maximum atomic E-state index is 6.17. The van der Waals surface area contributed by atoms with Crippen molar-refractivity contribution in [1.29, 1.82) is 0 Å². The van der Waals surface area contributed by atoms with Crippen LogP contribution in [0.4, 0.5) is 17.1 Å². The van der Waals surface area contributed by atoms with Crippen LogP contribution in [0.3, 0.4) is 0 Å². The van der Waals surface area contributed by atoms with Crippen molar-refractivity contribution in [2.45, 2.75) is 33.3 Å². The average molecular weight is 683 g/mol.